The molecule has 9 heteroatoms. The van der Waals surface area contributed by atoms with Crippen LogP contribution in [0.5, 0.6) is 0 Å². The molecule has 1 aromatic heterocycles. The van der Waals surface area contributed by atoms with Crippen LogP contribution in [0.3, 0.4) is 0 Å². The van der Waals surface area contributed by atoms with E-state index in [0.717, 1.165) is 15.3 Å². The highest BCUT2D eigenvalue weighted by atomic mass is 32.1. The molecule has 0 radical (unpaired) electrons. The van der Waals surface area contributed by atoms with Gasteiger partial charge in [0.2, 0.25) is 17.7 Å². The first-order chi connectivity index (χ1) is 12.5. The highest BCUT2D eigenvalue weighted by molar-refractivity contribution is 7.22. The maximum absolute atomic E-state index is 12.2. The zero-order chi connectivity index (χ0) is 18.5. The first-order valence-corrected chi connectivity index (χ1v) is 9.24. The van der Waals surface area contributed by atoms with Crippen LogP contribution in [0.1, 0.15) is 6.92 Å². The number of thiazole rings is 1. The Morgan fingerprint density at radius 3 is 2.50 bits per heavy atom. The van der Waals surface area contributed by atoms with E-state index in [1.807, 2.05) is 18.2 Å². The second-order valence-electron chi connectivity index (χ2n) is 6.02. The quantitative estimate of drug-likeness (QED) is 0.778. The second kappa shape index (κ2) is 8.13. The third-order valence-corrected chi connectivity index (χ3v) is 5.22. The van der Waals surface area contributed by atoms with Crippen molar-refractivity contribution in [3.8, 4) is 0 Å². The van der Waals surface area contributed by atoms with Gasteiger partial charge in [-0.2, -0.15) is 0 Å². The Hall–Kier alpha value is -2.68. The van der Waals surface area contributed by atoms with E-state index in [-0.39, 0.29) is 30.8 Å². The number of para-hydroxylation sites is 1. The lowest BCUT2D eigenvalue weighted by molar-refractivity contribution is -0.133. The van der Waals surface area contributed by atoms with Gasteiger partial charge < -0.3 is 20.4 Å². The summed E-state index contributed by atoms with van der Waals surface area (Å²) in [6.45, 7) is 3.78. The molecule has 0 unspecified atom stereocenters. The predicted molar refractivity (Wildman–Crippen MR) is 100 cm³/mol. The third-order valence-electron chi connectivity index (χ3n) is 4.12. The van der Waals surface area contributed by atoms with Gasteiger partial charge in [-0.25, -0.2) is 4.98 Å². The molecule has 3 rings (SSSR count). The molecular formula is C17H21N5O3S. The average Bonchev–Trinajstić information content (AvgIpc) is 3.08. The Kier molecular flexibility index (Phi) is 5.67. The zero-order valence-corrected chi connectivity index (χ0v) is 15.3. The lowest BCUT2D eigenvalue weighted by atomic mass is 10.3. The van der Waals surface area contributed by atoms with E-state index in [0.29, 0.717) is 26.2 Å². The minimum Gasteiger partial charge on any atom is -0.347 e. The van der Waals surface area contributed by atoms with Crippen LogP contribution in [-0.2, 0) is 14.4 Å². The third kappa shape index (κ3) is 4.48. The molecule has 2 heterocycles. The number of nitrogens with zero attached hydrogens (tertiary/aromatic N) is 3. The van der Waals surface area contributed by atoms with Crippen LogP contribution in [0.4, 0.5) is 5.13 Å². The Balaban J connectivity index is 1.46. The van der Waals surface area contributed by atoms with Crippen LogP contribution in [0.2, 0.25) is 0 Å². The topological polar surface area (TPSA) is 94.6 Å². The summed E-state index contributed by atoms with van der Waals surface area (Å²) in [7, 11) is 0. The van der Waals surface area contributed by atoms with Gasteiger partial charge in [-0.1, -0.05) is 23.5 Å². The van der Waals surface area contributed by atoms with Crippen molar-refractivity contribution in [2.75, 3.05) is 44.2 Å². The van der Waals surface area contributed by atoms with Crippen molar-refractivity contribution in [1.29, 1.82) is 0 Å². The smallest absolute Gasteiger partial charge is 0.242 e. The monoisotopic (exact) mass is 375 g/mol. The fraction of sp³-hybridized carbons (Fsp3) is 0.412. The number of rotatable bonds is 5. The fourth-order valence-electron chi connectivity index (χ4n) is 2.70. The fourth-order valence-corrected chi connectivity index (χ4v) is 3.71. The number of carbonyl (C=O) groups excluding carboxylic acids is 3. The maximum atomic E-state index is 12.2. The summed E-state index contributed by atoms with van der Waals surface area (Å²) in [5, 5.41) is 5.90. The summed E-state index contributed by atoms with van der Waals surface area (Å²) in [5.74, 6) is -0.774. The van der Waals surface area contributed by atoms with E-state index in [2.05, 4.69) is 26.6 Å². The number of hydrogen-bond acceptors (Lipinski definition) is 6. The largest absolute Gasteiger partial charge is 0.347 e. The van der Waals surface area contributed by atoms with Gasteiger partial charge >= 0.3 is 0 Å². The van der Waals surface area contributed by atoms with E-state index >= 15 is 0 Å². The van der Waals surface area contributed by atoms with Gasteiger partial charge in [-0.3, -0.25) is 14.4 Å². The molecule has 1 aliphatic rings. The highest BCUT2D eigenvalue weighted by Crippen LogP contribution is 2.29. The molecule has 8 nitrogen and oxygen atoms in total. The Labute approximate surface area is 155 Å². The van der Waals surface area contributed by atoms with Crippen molar-refractivity contribution in [2.45, 2.75) is 6.92 Å². The van der Waals surface area contributed by atoms with E-state index in [1.165, 1.54) is 6.92 Å². The number of carbonyl (C=O) groups is 3. The van der Waals surface area contributed by atoms with Crippen LogP contribution < -0.4 is 15.5 Å². The van der Waals surface area contributed by atoms with Gasteiger partial charge in [-0.05, 0) is 12.1 Å². The number of benzene rings is 1. The number of fused-ring (bicyclic) bond motifs is 1. The molecule has 2 N–H and O–H groups in total. The molecule has 1 aromatic carbocycles. The summed E-state index contributed by atoms with van der Waals surface area (Å²) >= 11 is 1.66. The normalized spacial score (nSPS) is 14.3. The second-order valence-corrected chi connectivity index (χ2v) is 7.03. The summed E-state index contributed by atoms with van der Waals surface area (Å²) in [5.41, 5.74) is 0.993. The standard InChI is InChI=1S/C17H21N5O3S/c1-12(23)18-10-15(24)19-11-16(25)21-6-8-22(9-7-21)17-20-13-4-2-3-5-14(13)26-17/h2-5H,6-11H2,1H3,(H,18,23)(H,19,24). The molecule has 2 aromatic rings. The predicted octanol–water partition coefficient (Wildman–Crippen LogP) is 0.197. The number of hydrogen-bond donors (Lipinski definition) is 2. The van der Waals surface area contributed by atoms with Gasteiger partial charge in [0.25, 0.3) is 0 Å². The minimum absolute atomic E-state index is 0.0560. The lowest BCUT2D eigenvalue weighted by Crippen LogP contribution is -2.51. The Morgan fingerprint density at radius 2 is 1.81 bits per heavy atom. The molecule has 1 aliphatic heterocycles. The summed E-state index contributed by atoms with van der Waals surface area (Å²) in [6, 6.07) is 8.03. The molecule has 0 atom stereocenters. The summed E-state index contributed by atoms with van der Waals surface area (Å²) in [4.78, 5) is 43.1. The first-order valence-electron chi connectivity index (χ1n) is 8.42. The highest BCUT2D eigenvalue weighted by Gasteiger charge is 2.23. The number of piperazine rings is 1. The van der Waals surface area contributed by atoms with E-state index in [1.54, 1.807) is 16.2 Å². The van der Waals surface area contributed by atoms with Crippen molar-refractivity contribution >= 4 is 44.4 Å². The number of amides is 3. The SMILES string of the molecule is CC(=O)NCC(=O)NCC(=O)N1CCN(c2nc3ccccc3s2)CC1. The molecule has 3 amide bonds. The minimum atomic E-state index is -0.373. The van der Waals surface area contributed by atoms with Crippen molar-refractivity contribution in [2.24, 2.45) is 0 Å². The summed E-state index contributed by atoms with van der Waals surface area (Å²) < 4.78 is 1.16. The molecule has 26 heavy (non-hydrogen) atoms. The number of anilines is 1. The van der Waals surface area contributed by atoms with Gasteiger partial charge in [0.15, 0.2) is 5.13 Å². The number of nitrogens with one attached hydrogen (secondary N) is 2. The van der Waals surface area contributed by atoms with Crippen LogP contribution in [-0.4, -0.2) is 66.9 Å². The lowest BCUT2D eigenvalue weighted by Gasteiger charge is -2.34. The van der Waals surface area contributed by atoms with E-state index in [9.17, 15) is 14.4 Å². The van der Waals surface area contributed by atoms with Gasteiger partial charge in [-0.15, -0.1) is 0 Å². The first kappa shape index (κ1) is 18.1. The molecule has 1 saturated heterocycles. The zero-order valence-electron chi connectivity index (χ0n) is 14.5. The van der Waals surface area contributed by atoms with Crippen molar-refractivity contribution in [3.05, 3.63) is 24.3 Å². The molecule has 0 saturated carbocycles. The Morgan fingerprint density at radius 1 is 1.08 bits per heavy atom. The van der Waals surface area contributed by atoms with E-state index < -0.39 is 0 Å². The van der Waals surface area contributed by atoms with Crippen molar-refractivity contribution < 1.29 is 14.4 Å². The maximum Gasteiger partial charge on any atom is 0.242 e. The van der Waals surface area contributed by atoms with Gasteiger partial charge in [0.05, 0.1) is 23.3 Å². The van der Waals surface area contributed by atoms with Gasteiger partial charge in [0, 0.05) is 33.1 Å². The van der Waals surface area contributed by atoms with Crippen LogP contribution in [0.15, 0.2) is 24.3 Å². The molecular weight excluding hydrogens is 354 g/mol. The molecule has 0 bridgehead atoms. The van der Waals surface area contributed by atoms with Gasteiger partial charge in [0.1, 0.15) is 0 Å². The molecule has 138 valence electrons. The van der Waals surface area contributed by atoms with Crippen molar-refractivity contribution in [1.82, 2.24) is 20.5 Å². The molecule has 0 spiro atoms. The van der Waals surface area contributed by atoms with Crippen molar-refractivity contribution in [3.63, 3.8) is 0 Å². The summed E-state index contributed by atoms with van der Waals surface area (Å²) in [6.07, 6.45) is 0. The van der Waals surface area contributed by atoms with E-state index in [4.69, 9.17) is 0 Å². The Bertz CT molecular complexity index is 781. The average molecular weight is 375 g/mol. The molecule has 0 aliphatic carbocycles. The van der Waals surface area contributed by atoms with Crippen LogP contribution in [0, 0.1) is 0 Å². The van der Waals surface area contributed by atoms with Crippen LogP contribution in [0.25, 0.3) is 10.2 Å². The number of aromatic nitrogens is 1. The molecule has 1 fully saturated rings. The van der Waals surface area contributed by atoms with Crippen LogP contribution >= 0.6 is 11.3 Å².